The number of carbonyl (C=O) groups excluding carboxylic acids is 1. The third-order valence-corrected chi connectivity index (χ3v) is 5.37. The molecule has 0 spiro atoms. The average Bonchev–Trinajstić information content (AvgIpc) is 2.59. The summed E-state index contributed by atoms with van der Waals surface area (Å²) in [6.07, 6.45) is 6.32. The molecule has 0 radical (unpaired) electrons. The maximum absolute atomic E-state index is 12.6. The zero-order valence-electron chi connectivity index (χ0n) is 13.5. The molecule has 1 fully saturated rings. The van der Waals surface area contributed by atoms with Crippen LogP contribution in [0.1, 0.15) is 42.5 Å². The van der Waals surface area contributed by atoms with Gasteiger partial charge in [-0.1, -0.05) is 19.3 Å². The van der Waals surface area contributed by atoms with Gasteiger partial charge in [0.05, 0.1) is 27.1 Å². The van der Waals surface area contributed by atoms with Crippen LogP contribution in [0.2, 0.25) is 0 Å². The topological polar surface area (TPSA) is 44.8 Å². The Labute approximate surface area is 136 Å². The minimum Gasteiger partial charge on any atom is -0.496 e. The molecular weight excluding hydrogens is 300 g/mol. The summed E-state index contributed by atoms with van der Waals surface area (Å²) in [6, 6.07) is 3.45. The lowest BCUT2D eigenvalue weighted by molar-refractivity contribution is 0.101. The molecule has 5 heteroatoms. The van der Waals surface area contributed by atoms with Crippen LogP contribution in [-0.2, 0) is 0 Å². The van der Waals surface area contributed by atoms with Crippen LogP contribution in [0.3, 0.4) is 0 Å². The summed E-state index contributed by atoms with van der Waals surface area (Å²) >= 11 is 1.76. The average molecular weight is 324 g/mol. The minimum atomic E-state index is 0.0481. The summed E-state index contributed by atoms with van der Waals surface area (Å²) in [5.74, 6) is 2.14. The standard InChI is InChI=1S/C17H24O4S/c1-19-12-9-15(20-2)17(16(10-12)21-3)14(18)11-22-13-7-5-4-6-8-13/h9-10,13H,4-8,11H2,1-3H3. The molecule has 0 N–H and O–H groups in total. The number of methoxy groups -OCH3 is 3. The zero-order valence-corrected chi connectivity index (χ0v) is 14.3. The molecule has 1 aromatic carbocycles. The van der Waals surface area contributed by atoms with Crippen molar-refractivity contribution in [2.45, 2.75) is 37.4 Å². The van der Waals surface area contributed by atoms with Gasteiger partial charge in [0.2, 0.25) is 0 Å². The van der Waals surface area contributed by atoms with Crippen LogP contribution in [0.4, 0.5) is 0 Å². The van der Waals surface area contributed by atoms with Crippen molar-refractivity contribution < 1.29 is 19.0 Å². The molecule has 1 aliphatic rings. The van der Waals surface area contributed by atoms with Gasteiger partial charge in [0.25, 0.3) is 0 Å². The highest BCUT2D eigenvalue weighted by atomic mass is 32.2. The van der Waals surface area contributed by atoms with E-state index < -0.39 is 0 Å². The van der Waals surface area contributed by atoms with E-state index in [0.29, 0.717) is 33.8 Å². The lowest BCUT2D eigenvalue weighted by Crippen LogP contribution is -2.13. The van der Waals surface area contributed by atoms with Crippen LogP contribution in [0.5, 0.6) is 17.2 Å². The Kier molecular flexibility index (Phi) is 6.43. The molecule has 0 atom stereocenters. The van der Waals surface area contributed by atoms with Gasteiger partial charge in [0.1, 0.15) is 22.8 Å². The summed E-state index contributed by atoms with van der Waals surface area (Å²) in [5.41, 5.74) is 0.508. The molecule has 1 aromatic rings. The van der Waals surface area contributed by atoms with Crippen molar-refractivity contribution in [3.63, 3.8) is 0 Å². The Morgan fingerprint density at radius 1 is 1.05 bits per heavy atom. The maximum Gasteiger partial charge on any atom is 0.180 e. The molecule has 1 aliphatic carbocycles. The predicted octanol–water partition coefficient (Wildman–Crippen LogP) is 3.96. The number of ketones is 1. The van der Waals surface area contributed by atoms with Crippen LogP contribution < -0.4 is 14.2 Å². The van der Waals surface area contributed by atoms with E-state index >= 15 is 0 Å². The second-order valence-electron chi connectivity index (χ2n) is 5.40. The van der Waals surface area contributed by atoms with Crippen LogP contribution >= 0.6 is 11.8 Å². The van der Waals surface area contributed by atoms with Crippen LogP contribution in [0, 0.1) is 0 Å². The Bertz CT molecular complexity index is 484. The summed E-state index contributed by atoms with van der Waals surface area (Å²) in [4.78, 5) is 12.6. The monoisotopic (exact) mass is 324 g/mol. The zero-order chi connectivity index (χ0) is 15.9. The summed E-state index contributed by atoms with van der Waals surface area (Å²) in [5, 5.41) is 0.605. The number of hydrogen-bond acceptors (Lipinski definition) is 5. The molecule has 22 heavy (non-hydrogen) atoms. The molecular formula is C17H24O4S. The van der Waals surface area contributed by atoms with Crippen LogP contribution in [-0.4, -0.2) is 38.1 Å². The van der Waals surface area contributed by atoms with E-state index in [1.807, 2.05) is 0 Å². The second-order valence-corrected chi connectivity index (χ2v) is 6.69. The smallest absolute Gasteiger partial charge is 0.180 e. The first-order chi connectivity index (χ1) is 10.7. The quantitative estimate of drug-likeness (QED) is 0.710. The fourth-order valence-corrected chi connectivity index (χ4v) is 3.98. The van der Waals surface area contributed by atoms with Crippen molar-refractivity contribution in [2.24, 2.45) is 0 Å². The van der Waals surface area contributed by atoms with Crippen molar-refractivity contribution >= 4 is 17.5 Å². The third-order valence-electron chi connectivity index (χ3n) is 4.00. The number of Topliss-reactive ketones (excluding diaryl/α,β-unsaturated/α-hetero) is 1. The first-order valence-corrected chi connectivity index (χ1v) is 8.69. The molecule has 0 saturated heterocycles. The van der Waals surface area contributed by atoms with Crippen molar-refractivity contribution in [2.75, 3.05) is 27.1 Å². The van der Waals surface area contributed by atoms with E-state index in [4.69, 9.17) is 14.2 Å². The first-order valence-electron chi connectivity index (χ1n) is 7.64. The highest BCUT2D eigenvalue weighted by Gasteiger charge is 2.22. The number of carbonyl (C=O) groups is 1. The van der Waals surface area contributed by atoms with Gasteiger partial charge in [0, 0.05) is 17.4 Å². The minimum absolute atomic E-state index is 0.0481. The van der Waals surface area contributed by atoms with Gasteiger partial charge in [-0.15, -0.1) is 0 Å². The molecule has 0 amide bonds. The molecule has 0 bridgehead atoms. The Morgan fingerprint density at radius 2 is 1.64 bits per heavy atom. The number of ether oxygens (including phenoxy) is 3. The SMILES string of the molecule is COc1cc(OC)c(C(=O)CSC2CCCCC2)c(OC)c1. The van der Waals surface area contributed by atoms with Gasteiger partial charge >= 0.3 is 0 Å². The molecule has 2 rings (SSSR count). The highest BCUT2D eigenvalue weighted by molar-refractivity contribution is 8.00. The molecule has 0 unspecified atom stereocenters. The number of rotatable bonds is 7. The van der Waals surface area contributed by atoms with E-state index in [0.717, 1.165) is 0 Å². The Morgan fingerprint density at radius 3 is 2.14 bits per heavy atom. The van der Waals surface area contributed by atoms with Gasteiger partial charge in [-0.25, -0.2) is 0 Å². The summed E-state index contributed by atoms with van der Waals surface area (Å²) in [6.45, 7) is 0. The van der Waals surface area contributed by atoms with E-state index in [1.165, 1.54) is 32.1 Å². The maximum atomic E-state index is 12.6. The van der Waals surface area contributed by atoms with Gasteiger partial charge in [0.15, 0.2) is 5.78 Å². The fraction of sp³-hybridized carbons (Fsp3) is 0.588. The lowest BCUT2D eigenvalue weighted by Gasteiger charge is -2.21. The Hall–Kier alpha value is -1.36. The third kappa shape index (κ3) is 4.09. The molecule has 0 aromatic heterocycles. The van der Waals surface area contributed by atoms with Gasteiger partial charge in [-0.05, 0) is 12.8 Å². The van der Waals surface area contributed by atoms with Crippen LogP contribution in [0.25, 0.3) is 0 Å². The molecule has 1 saturated carbocycles. The lowest BCUT2D eigenvalue weighted by atomic mass is 10.0. The second kappa shape index (κ2) is 8.32. The van der Waals surface area contributed by atoms with Gasteiger partial charge in [-0.3, -0.25) is 4.79 Å². The molecule has 122 valence electrons. The van der Waals surface area contributed by atoms with E-state index in [2.05, 4.69) is 0 Å². The predicted molar refractivity (Wildman–Crippen MR) is 89.8 cm³/mol. The summed E-state index contributed by atoms with van der Waals surface area (Å²) < 4.78 is 15.9. The first kappa shape index (κ1) is 17.0. The van der Waals surface area contributed by atoms with Gasteiger partial charge < -0.3 is 14.2 Å². The normalized spacial score (nSPS) is 15.4. The van der Waals surface area contributed by atoms with E-state index in [1.54, 1.807) is 45.2 Å². The number of hydrogen-bond donors (Lipinski definition) is 0. The molecule has 0 heterocycles. The van der Waals surface area contributed by atoms with Crippen molar-refractivity contribution in [1.29, 1.82) is 0 Å². The number of benzene rings is 1. The Balaban J connectivity index is 2.13. The van der Waals surface area contributed by atoms with Crippen molar-refractivity contribution in [3.8, 4) is 17.2 Å². The van der Waals surface area contributed by atoms with Crippen molar-refractivity contribution in [1.82, 2.24) is 0 Å². The van der Waals surface area contributed by atoms with Gasteiger partial charge in [-0.2, -0.15) is 11.8 Å². The van der Waals surface area contributed by atoms with E-state index in [-0.39, 0.29) is 5.78 Å². The summed E-state index contributed by atoms with van der Waals surface area (Å²) in [7, 11) is 4.69. The highest BCUT2D eigenvalue weighted by Crippen LogP contribution is 2.36. The van der Waals surface area contributed by atoms with Crippen LogP contribution in [0.15, 0.2) is 12.1 Å². The van der Waals surface area contributed by atoms with E-state index in [9.17, 15) is 4.79 Å². The van der Waals surface area contributed by atoms with Crippen molar-refractivity contribution in [3.05, 3.63) is 17.7 Å². The fourth-order valence-electron chi connectivity index (χ4n) is 2.78. The molecule has 4 nitrogen and oxygen atoms in total. The molecule has 0 aliphatic heterocycles. The number of thioether (sulfide) groups is 1. The largest absolute Gasteiger partial charge is 0.496 e.